The zero-order valence-corrected chi connectivity index (χ0v) is 19.6. The summed E-state index contributed by atoms with van der Waals surface area (Å²) in [5, 5.41) is 0. The van der Waals surface area contributed by atoms with Gasteiger partial charge in [-0.1, -0.05) is 19.3 Å². The first-order valence-electron chi connectivity index (χ1n) is 12.7. The number of benzene rings is 1. The Morgan fingerprint density at radius 1 is 1.12 bits per heavy atom. The number of carbonyl (C=O) groups is 1. The van der Waals surface area contributed by atoms with Crippen LogP contribution in [-0.2, 0) is 22.3 Å². The highest BCUT2D eigenvalue weighted by Gasteiger charge is 2.32. The molecule has 0 unspecified atom stereocenters. The molecular weight excluding hydrogens is 402 g/mol. The van der Waals surface area contributed by atoms with E-state index in [-0.39, 0.29) is 12.1 Å². The van der Waals surface area contributed by atoms with Crippen molar-refractivity contribution in [1.29, 1.82) is 0 Å². The van der Waals surface area contributed by atoms with E-state index in [0.717, 1.165) is 43.5 Å². The number of imidazole rings is 1. The summed E-state index contributed by atoms with van der Waals surface area (Å²) in [6, 6.07) is 4.99. The van der Waals surface area contributed by atoms with Crippen molar-refractivity contribution in [1.82, 2.24) is 9.55 Å². The van der Waals surface area contributed by atoms with E-state index in [1.165, 1.54) is 75.4 Å². The minimum absolute atomic E-state index is 0.135. The summed E-state index contributed by atoms with van der Waals surface area (Å²) in [5.41, 5.74) is 4.51. The molecule has 174 valence electrons. The number of aryl methyl sites for hydroxylation is 2. The van der Waals surface area contributed by atoms with E-state index in [9.17, 15) is 4.79 Å². The zero-order chi connectivity index (χ0) is 22.1. The number of rotatable bonds is 4. The van der Waals surface area contributed by atoms with Crippen molar-refractivity contribution in [2.45, 2.75) is 102 Å². The van der Waals surface area contributed by atoms with Crippen LogP contribution in [0.5, 0.6) is 0 Å². The Hall–Kier alpha value is -2.08. The third-order valence-corrected chi connectivity index (χ3v) is 7.80. The molecule has 32 heavy (non-hydrogen) atoms. The lowest BCUT2D eigenvalue weighted by atomic mass is 9.94. The predicted molar refractivity (Wildman–Crippen MR) is 126 cm³/mol. The molecule has 1 aromatic carbocycles. The van der Waals surface area contributed by atoms with E-state index >= 15 is 0 Å². The van der Waals surface area contributed by atoms with Crippen LogP contribution in [-0.4, -0.2) is 41.5 Å². The fourth-order valence-electron chi connectivity index (χ4n) is 6.07. The summed E-state index contributed by atoms with van der Waals surface area (Å²) in [5.74, 6) is 1.21. The molecule has 3 heterocycles. The Balaban J connectivity index is 1.54. The number of hydrogen-bond acceptors (Lipinski definition) is 4. The van der Waals surface area contributed by atoms with E-state index in [0.29, 0.717) is 12.1 Å². The van der Waals surface area contributed by atoms with Crippen LogP contribution in [0.15, 0.2) is 12.1 Å². The maximum absolute atomic E-state index is 12.5. The lowest BCUT2D eigenvalue weighted by Crippen LogP contribution is -2.42. The Labute approximate surface area is 191 Å². The van der Waals surface area contributed by atoms with Crippen LogP contribution in [0, 0.1) is 0 Å². The normalized spacial score (nSPS) is 24.5. The second kappa shape index (κ2) is 9.42. The van der Waals surface area contributed by atoms with Crippen LogP contribution in [0.1, 0.15) is 88.6 Å². The maximum Gasteiger partial charge on any atom is 0.414 e. The van der Waals surface area contributed by atoms with E-state index in [1.807, 2.05) is 4.90 Å². The summed E-state index contributed by atoms with van der Waals surface area (Å²) in [6.07, 6.45) is 14.0. The van der Waals surface area contributed by atoms with E-state index in [4.69, 9.17) is 14.5 Å². The molecule has 1 aliphatic carbocycles. The van der Waals surface area contributed by atoms with Crippen LogP contribution < -0.4 is 4.90 Å². The Morgan fingerprint density at radius 3 is 2.69 bits per heavy atom. The smallest absolute Gasteiger partial charge is 0.414 e. The van der Waals surface area contributed by atoms with Crippen molar-refractivity contribution in [2.75, 3.05) is 18.6 Å². The predicted octanol–water partition coefficient (Wildman–Crippen LogP) is 5.95. The van der Waals surface area contributed by atoms with Crippen molar-refractivity contribution < 1.29 is 14.3 Å². The molecule has 1 aromatic heterocycles. The largest absolute Gasteiger partial charge is 0.452 e. The van der Waals surface area contributed by atoms with Crippen LogP contribution in [0.25, 0.3) is 11.0 Å². The molecule has 0 N–H and O–H groups in total. The summed E-state index contributed by atoms with van der Waals surface area (Å²) in [4.78, 5) is 19.6. The Morgan fingerprint density at radius 2 is 1.94 bits per heavy atom. The van der Waals surface area contributed by atoms with Crippen LogP contribution >= 0.6 is 0 Å². The first-order valence-corrected chi connectivity index (χ1v) is 12.7. The van der Waals surface area contributed by atoms with Crippen molar-refractivity contribution in [3.63, 3.8) is 0 Å². The summed E-state index contributed by atoms with van der Waals surface area (Å²) in [6.45, 7) is 3.00. The van der Waals surface area contributed by atoms with Gasteiger partial charge in [0, 0.05) is 30.7 Å². The fourth-order valence-corrected chi connectivity index (χ4v) is 6.07. The first kappa shape index (κ1) is 21.7. The number of carbonyl (C=O) groups excluding carboxylic acids is 1. The first-order chi connectivity index (χ1) is 15.7. The number of aromatic nitrogens is 2. The quantitative estimate of drug-likeness (QED) is 0.591. The summed E-state index contributed by atoms with van der Waals surface area (Å²) in [7, 11) is 1.46. The molecule has 2 fully saturated rings. The molecule has 1 saturated heterocycles. The van der Waals surface area contributed by atoms with Crippen LogP contribution in [0.4, 0.5) is 10.5 Å². The molecule has 2 aromatic rings. The van der Waals surface area contributed by atoms with Crippen LogP contribution in [0.3, 0.4) is 0 Å². The van der Waals surface area contributed by atoms with Crippen molar-refractivity contribution in [3.05, 3.63) is 23.5 Å². The average molecular weight is 440 g/mol. The standard InChI is InChI=1S/C26H37N3O3/c1-18-11-13-21-22(28(18)26(30)31-2)14-15-23-25(21)27-24(16-12-20-10-6-7-17-32-20)29(23)19-8-4-3-5-9-19/h14-15,18-20H,3-13,16-17H2,1-2H3/t18-,20-/m0/s1. The SMILES string of the molecule is COC(=O)N1c2ccc3c(nc(CC[C@@H]4CCCCO4)n3C3CCCCC3)c2CC[C@@H]1C. The number of methoxy groups -OCH3 is 1. The molecule has 0 spiro atoms. The Kier molecular flexibility index (Phi) is 6.40. The highest BCUT2D eigenvalue weighted by molar-refractivity contribution is 5.95. The lowest BCUT2D eigenvalue weighted by molar-refractivity contribution is 0.0110. The van der Waals surface area contributed by atoms with Gasteiger partial charge in [0.2, 0.25) is 0 Å². The molecule has 2 aliphatic heterocycles. The second-order valence-electron chi connectivity index (χ2n) is 9.88. The van der Waals surface area contributed by atoms with Gasteiger partial charge in [-0.25, -0.2) is 9.78 Å². The molecule has 0 radical (unpaired) electrons. The van der Waals surface area contributed by atoms with E-state index in [1.54, 1.807) is 0 Å². The van der Waals surface area contributed by atoms with Gasteiger partial charge in [-0.15, -0.1) is 0 Å². The summed E-state index contributed by atoms with van der Waals surface area (Å²) >= 11 is 0. The van der Waals surface area contributed by atoms with Gasteiger partial charge in [-0.2, -0.15) is 0 Å². The minimum Gasteiger partial charge on any atom is -0.452 e. The van der Waals surface area contributed by atoms with Gasteiger partial charge in [0.05, 0.1) is 29.9 Å². The zero-order valence-electron chi connectivity index (χ0n) is 19.6. The van der Waals surface area contributed by atoms with Crippen LogP contribution in [0.2, 0.25) is 0 Å². The molecule has 6 nitrogen and oxygen atoms in total. The third-order valence-electron chi connectivity index (χ3n) is 7.80. The number of fused-ring (bicyclic) bond motifs is 3. The van der Waals surface area contributed by atoms with Gasteiger partial charge in [0.15, 0.2) is 0 Å². The molecule has 6 heteroatoms. The van der Waals surface area contributed by atoms with Gasteiger partial charge in [-0.3, -0.25) is 4.90 Å². The van der Waals surface area contributed by atoms with E-state index in [2.05, 4.69) is 23.6 Å². The lowest BCUT2D eigenvalue weighted by Gasteiger charge is -2.34. The average Bonchev–Trinajstić information content (AvgIpc) is 3.22. The van der Waals surface area contributed by atoms with Gasteiger partial charge in [-0.05, 0) is 70.4 Å². The van der Waals surface area contributed by atoms with Gasteiger partial charge < -0.3 is 14.0 Å². The monoisotopic (exact) mass is 439 g/mol. The van der Waals surface area contributed by atoms with Gasteiger partial charge >= 0.3 is 6.09 Å². The van der Waals surface area contributed by atoms with Crippen molar-refractivity contribution in [2.24, 2.45) is 0 Å². The number of ether oxygens (including phenoxy) is 2. The molecule has 3 aliphatic rings. The molecule has 1 amide bonds. The van der Waals surface area contributed by atoms with Crippen molar-refractivity contribution >= 4 is 22.8 Å². The third kappa shape index (κ3) is 4.02. The maximum atomic E-state index is 12.5. The molecule has 2 atom stereocenters. The molecule has 1 saturated carbocycles. The van der Waals surface area contributed by atoms with Crippen molar-refractivity contribution in [3.8, 4) is 0 Å². The minimum atomic E-state index is -0.279. The second-order valence-corrected chi connectivity index (χ2v) is 9.88. The van der Waals surface area contributed by atoms with Gasteiger partial charge in [0.1, 0.15) is 5.82 Å². The highest BCUT2D eigenvalue weighted by Crippen LogP contribution is 2.39. The number of hydrogen-bond donors (Lipinski definition) is 0. The highest BCUT2D eigenvalue weighted by atomic mass is 16.5. The fraction of sp³-hybridized carbons (Fsp3) is 0.692. The molecular formula is C26H37N3O3. The topological polar surface area (TPSA) is 56.6 Å². The summed E-state index contributed by atoms with van der Waals surface area (Å²) < 4.78 is 13.7. The Bertz CT molecular complexity index is 957. The molecule has 5 rings (SSSR count). The van der Waals surface area contributed by atoms with E-state index < -0.39 is 0 Å². The number of nitrogens with zero attached hydrogens (tertiary/aromatic N) is 3. The number of amides is 1. The van der Waals surface area contributed by atoms with Gasteiger partial charge in [0.25, 0.3) is 0 Å². The molecule has 0 bridgehead atoms. The number of anilines is 1.